The monoisotopic (exact) mass is 342 g/mol. The Labute approximate surface area is 113 Å². The Kier molecular flexibility index (Phi) is 4.79. The molecule has 0 aliphatic heterocycles. The molecule has 1 aromatic rings. The summed E-state index contributed by atoms with van der Waals surface area (Å²) >= 11 is 8.85. The van der Waals surface area contributed by atoms with Crippen molar-refractivity contribution in [1.29, 1.82) is 0 Å². The van der Waals surface area contributed by atoms with Gasteiger partial charge < -0.3 is 10.8 Å². The summed E-state index contributed by atoms with van der Waals surface area (Å²) in [6.07, 6.45) is 0. The van der Waals surface area contributed by atoms with Crippen LogP contribution in [0, 0.1) is 0 Å². The summed E-state index contributed by atoms with van der Waals surface area (Å²) in [7, 11) is -3.77. The van der Waals surface area contributed by atoms with E-state index in [1.54, 1.807) is 6.92 Å². The number of nitrogens with two attached hydrogens (primary N) is 1. The number of hydrogen-bond acceptors (Lipinski definition) is 4. The van der Waals surface area contributed by atoms with E-state index < -0.39 is 16.1 Å². The highest BCUT2D eigenvalue weighted by Crippen LogP contribution is 2.31. The Bertz CT molecular complexity index is 521. The molecule has 0 heterocycles. The molecule has 0 aliphatic rings. The van der Waals surface area contributed by atoms with E-state index in [4.69, 9.17) is 22.4 Å². The molecule has 1 aromatic carbocycles. The standard InChI is InChI=1S/C9H12BrClN2O3S/c1-5(4-14)13-17(15,16)8-3-6(11)2-7(12)9(8)10/h2-3,5,13-14H,4,12H2,1H3/t5-/m0/s1. The van der Waals surface area contributed by atoms with Crippen molar-refractivity contribution in [2.75, 3.05) is 12.3 Å². The van der Waals surface area contributed by atoms with E-state index in [0.29, 0.717) is 0 Å². The van der Waals surface area contributed by atoms with Gasteiger partial charge in [0.15, 0.2) is 0 Å². The molecule has 0 bridgehead atoms. The first-order valence-electron chi connectivity index (χ1n) is 4.65. The van der Waals surface area contributed by atoms with Gasteiger partial charge in [-0.15, -0.1) is 0 Å². The van der Waals surface area contributed by atoms with Gasteiger partial charge in [-0.3, -0.25) is 0 Å². The van der Waals surface area contributed by atoms with Crippen LogP contribution in [-0.4, -0.2) is 26.2 Å². The number of nitrogen functional groups attached to an aromatic ring is 1. The molecule has 0 spiro atoms. The van der Waals surface area contributed by atoms with Gasteiger partial charge in [0, 0.05) is 16.8 Å². The molecule has 17 heavy (non-hydrogen) atoms. The third-order valence-electron chi connectivity index (χ3n) is 1.95. The molecule has 0 amide bonds. The number of rotatable bonds is 4. The second-order valence-electron chi connectivity index (χ2n) is 3.51. The molecule has 0 aromatic heterocycles. The molecule has 1 atom stereocenters. The maximum Gasteiger partial charge on any atom is 0.242 e. The van der Waals surface area contributed by atoms with Crippen LogP contribution in [0.25, 0.3) is 0 Å². The largest absolute Gasteiger partial charge is 0.398 e. The summed E-state index contributed by atoms with van der Waals surface area (Å²) in [5.41, 5.74) is 5.84. The second-order valence-corrected chi connectivity index (χ2v) is 6.42. The number of aliphatic hydroxyl groups is 1. The first-order chi connectivity index (χ1) is 7.77. The van der Waals surface area contributed by atoms with Gasteiger partial charge in [0.05, 0.1) is 16.0 Å². The fourth-order valence-electron chi connectivity index (χ4n) is 1.15. The van der Waals surface area contributed by atoms with Crippen LogP contribution in [0.5, 0.6) is 0 Å². The summed E-state index contributed by atoms with van der Waals surface area (Å²) in [5.74, 6) is 0. The number of benzene rings is 1. The predicted molar refractivity (Wildman–Crippen MR) is 70.4 cm³/mol. The van der Waals surface area contributed by atoms with Crippen LogP contribution in [0.4, 0.5) is 5.69 Å². The number of halogens is 2. The van der Waals surface area contributed by atoms with Gasteiger partial charge in [0.2, 0.25) is 10.0 Å². The van der Waals surface area contributed by atoms with Crippen molar-refractivity contribution in [3.8, 4) is 0 Å². The maximum atomic E-state index is 12.0. The SMILES string of the molecule is C[C@@H](CO)NS(=O)(=O)c1cc(Cl)cc(N)c1Br. The third-order valence-corrected chi connectivity index (χ3v) is 4.93. The molecule has 0 radical (unpaired) electrons. The van der Waals surface area contributed by atoms with E-state index in [9.17, 15) is 8.42 Å². The zero-order valence-electron chi connectivity index (χ0n) is 8.94. The van der Waals surface area contributed by atoms with Crippen molar-refractivity contribution in [3.63, 3.8) is 0 Å². The molecule has 96 valence electrons. The molecule has 4 N–H and O–H groups in total. The van der Waals surface area contributed by atoms with E-state index in [2.05, 4.69) is 20.7 Å². The predicted octanol–water partition coefficient (Wildman–Crippen LogP) is 1.34. The van der Waals surface area contributed by atoms with Crippen molar-refractivity contribution in [1.82, 2.24) is 4.72 Å². The second kappa shape index (κ2) is 5.53. The number of sulfonamides is 1. The van der Waals surface area contributed by atoms with Crippen molar-refractivity contribution >= 4 is 43.2 Å². The molecular weight excluding hydrogens is 332 g/mol. The summed E-state index contributed by atoms with van der Waals surface area (Å²) in [4.78, 5) is -0.0530. The van der Waals surface area contributed by atoms with E-state index in [1.807, 2.05) is 0 Å². The van der Waals surface area contributed by atoms with Crippen molar-refractivity contribution in [3.05, 3.63) is 21.6 Å². The molecule has 8 heteroatoms. The lowest BCUT2D eigenvalue weighted by Gasteiger charge is -2.13. The third kappa shape index (κ3) is 3.56. The normalized spacial score (nSPS) is 13.6. The Hall–Kier alpha value is -0.340. The minimum absolute atomic E-state index is 0.0530. The Balaban J connectivity index is 3.24. The quantitative estimate of drug-likeness (QED) is 0.719. The van der Waals surface area contributed by atoms with Crippen LogP contribution < -0.4 is 10.5 Å². The minimum Gasteiger partial charge on any atom is -0.398 e. The summed E-state index contributed by atoms with van der Waals surface area (Å²) in [5, 5.41) is 9.06. The number of nitrogens with one attached hydrogen (secondary N) is 1. The molecule has 0 saturated heterocycles. The van der Waals surface area contributed by atoms with Gasteiger partial charge in [0.25, 0.3) is 0 Å². The van der Waals surface area contributed by atoms with Crippen LogP contribution in [-0.2, 0) is 10.0 Å². The number of anilines is 1. The topological polar surface area (TPSA) is 92.4 Å². The van der Waals surface area contributed by atoms with Crippen molar-refractivity contribution < 1.29 is 13.5 Å². The highest BCUT2D eigenvalue weighted by molar-refractivity contribution is 9.10. The van der Waals surface area contributed by atoms with Crippen LogP contribution in [0.15, 0.2) is 21.5 Å². The van der Waals surface area contributed by atoms with Gasteiger partial charge in [-0.05, 0) is 35.0 Å². The fraction of sp³-hybridized carbons (Fsp3) is 0.333. The first kappa shape index (κ1) is 14.7. The summed E-state index contributed by atoms with van der Waals surface area (Å²) in [6.45, 7) is 1.24. The first-order valence-corrected chi connectivity index (χ1v) is 7.31. The van der Waals surface area contributed by atoms with E-state index >= 15 is 0 Å². The zero-order valence-corrected chi connectivity index (χ0v) is 12.1. The maximum absolute atomic E-state index is 12.0. The Morgan fingerprint density at radius 3 is 2.71 bits per heavy atom. The fourth-order valence-corrected chi connectivity index (χ4v) is 3.67. The van der Waals surface area contributed by atoms with Gasteiger partial charge in [-0.1, -0.05) is 11.6 Å². The lowest BCUT2D eigenvalue weighted by atomic mass is 10.3. The lowest BCUT2D eigenvalue weighted by molar-refractivity contribution is 0.265. The molecule has 0 fully saturated rings. The van der Waals surface area contributed by atoms with E-state index in [1.165, 1.54) is 12.1 Å². The zero-order chi connectivity index (χ0) is 13.2. The average molecular weight is 344 g/mol. The van der Waals surface area contributed by atoms with Gasteiger partial charge >= 0.3 is 0 Å². The smallest absolute Gasteiger partial charge is 0.242 e. The molecular formula is C9H12BrClN2O3S. The number of hydrogen-bond donors (Lipinski definition) is 3. The van der Waals surface area contributed by atoms with E-state index in [-0.39, 0.29) is 26.7 Å². The molecule has 0 unspecified atom stereocenters. The lowest BCUT2D eigenvalue weighted by Crippen LogP contribution is -2.35. The van der Waals surface area contributed by atoms with Crippen LogP contribution in [0.1, 0.15) is 6.92 Å². The average Bonchev–Trinajstić information content (AvgIpc) is 2.22. The number of aliphatic hydroxyl groups excluding tert-OH is 1. The summed E-state index contributed by atoms with van der Waals surface area (Å²) < 4.78 is 26.5. The molecule has 0 aliphatic carbocycles. The highest BCUT2D eigenvalue weighted by atomic mass is 79.9. The van der Waals surface area contributed by atoms with Gasteiger partial charge in [-0.25, -0.2) is 13.1 Å². The molecule has 0 saturated carbocycles. The van der Waals surface area contributed by atoms with Crippen LogP contribution >= 0.6 is 27.5 Å². The summed E-state index contributed by atoms with van der Waals surface area (Å²) in [6, 6.07) is 2.14. The Morgan fingerprint density at radius 2 is 2.18 bits per heavy atom. The van der Waals surface area contributed by atoms with Gasteiger partial charge in [0.1, 0.15) is 0 Å². The highest BCUT2D eigenvalue weighted by Gasteiger charge is 2.21. The van der Waals surface area contributed by atoms with Crippen molar-refractivity contribution in [2.45, 2.75) is 17.9 Å². The van der Waals surface area contributed by atoms with Crippen LogP contribution in [0.2, 0.25) is 5.02 Å². The van der Waals surface area contributed by atoms with E-state index in [0.717, 1.165) is 0 Å². The minimum atomic E-state index is -3.77. The van der Waals surface area contributed by atoms with Gasteiger partial charge in [-0.2, -0.15) is 0 Å². The Morgan fingerprint density at radius 1 is 1.59 bits per heavy atom. The van der Waals surface area contributed by atoms with Crippen molar-refractivity contribution in [2.24, 2.45) is 0 Å². The van der Waals surface area contributed by atoms with Crippen LogP contribution in [0.3, 0.4) is 0 Å². The molecule has 5 nitrogen and oxygen atoms in total. The molecule has 1 rings (SSSR count).